The van der Waals surface area contributed by atoms with Gasteiger partial charge in [0, 0.05) is 67.7 Å². The van der Waals surface area contributed by atoms with Crippen molar-refractivity contribution in [3.63, 3.8) is 0 Å². The zero-order chi connectivity index (χ0) is 36.7. The van der Waals surface area contributed by atoms with Gasteiger partial charge >= 0.3 is 0 Å². The van der Waals surface area contributed by atoms with E-state index in [9.17, 15) is 0 Å². The molecule has 0 aliphatic rings. The molecular formula is C48H35Cl2N3O. The first-order valence-electron chi connectivity index (χ1n) is 17.6. The molecule has 0 radical (unpaired) electrons. The Morgan fingerprint density at radius 3 is 0.981 bits per heavy atom. The number of hydrogen-bond donors (Lipinski definition) is 0. The summed E-state index contributed by atoms with van der Waals surface area (Å²) < 4.78 is 6.61. The summed E-state index contributed by atoms with van der Waals surface area (Å²) in [6, 6.07) is 71.4. The van der Waals surface area contributed by atoms with E-state index in [2.05, 4.69) is 87.5 Å². The summed E-state index contributed by atoms with van der Waals surface area (Å²) in [7, 11) is 0. The zero-order valence-corrected chi connectivity index (χ0v) is 30.7. The number of para-hydroxylation sites is 5. The first-order valence-corrected chi connectivity index (χ1v) is 18.4. The number of nitrogens with zero attached hydrogens (tertiary/aromatic N) is 3. The largest absolute Gasteiger partial charge is 0.457 e. The number of benzene rings is 8. The SMILES string of the molecule is Clc1cc(Oc2cccc(N(c3ccccc3)c3cc(Cl)cc(N(c4ccccc4)c4ccccc4)c3)c2)cc(N(c2ccccc2)c2ccccc2)c1. The molecule has 0 aliphatic heterocycles. The second-order valence-corrected chi connectivity index (χ2v) is 13.5. The van der Waals surface area contributed by atoms with Crippen molar-refractivity contribution in [2.24, 2.45) is 0 Å². The van der Waals surface area contributed by atoms with Crippen molar-refractivity contribution < 1.29 is 4.74 Å². The molecule has 0 aromatic heterocycles. The minimum Gasteiger partial charge on any atom is -0.457 e. The molecule has 6 heteroatoms. The fourth-order valence-corrected chi connectivity index (χ4v) is 7.05. The summed E-state index contributed by atoms with van der Waals surface area (Å²) >= 11 is 13.8. The predicted molar refractivity (Wildman–Crippen MR) is 227 cm³/mol. The zero-order valence-electron chi connectivity index (χ0n) is 29.2. The third kappa shape index (κ3) is 7.81. The molecule has 0 N–H and O–H groups in total. The van der Waals surface area contributed by atoms with Crippen LogP contribution in [0.1, 0.15) is 0 Å². The van der Waals surface area contributed by atoms with E-state index >= 15 is 0 Å². The standard InChI is InChI=1S/C48H35Cl2N3O/c49-36-29-44(51(38-17-6-1-7-18-38)39-19-8-2-9-20-39)33-45(30-36)53(42-25-14-5-15-26-42)43-27-16-28-47(34-43)54-48-32-37(50)31-46(35-48)52(40-21-10-3-11-22-40)41-23-12-4-13-24-41/h1-35H. The summed E-state index contributed by atoms with van der Waals surface area (Å²) in [4.78, 5) is 6.56. The summed E-state index contributed by atoms with van der Waals surface area (Å²) in [6.45, 7) is 0. The smallest absolute Gasteiger partial charge is 0.131 e. The van der Waals surface area contributed by atoms with Crippen molar-refractivity contribution in [3.8, 4) is 11.5 Å². The Kier molecular flexibility index (Phi) is 10.3. The molecule has 4 nitrogen and oxygen atoms in total. The average molecular weight is 741 g/mol. The molecule has 0 heterocycles. The number of anilines is 9. The second kappa shape index (κ2) is 16.1. The highest BCUT2D eigenvalue weighted by Crippen LogP contribution is 2.44. The molecule has 0 aliphatic carbocycles. The van der Waals surface area contributed by atoms with E-state index in [0.717, 1.165) is 51.2 Å². The fraction of sp³-hybridized carbons (Fsp3) is 0. The highest BCUT2D eigenvalue weighted by atomic mass is 35.5. The van der Waals surface area contributed by atoms with Gasteiger partial charge in [0.15, 0.2) is 0 Å². The molecule has 0 unspecified atom stereocenters. The lowest BCUT2D eigenvalue weighted by Crippen LogP contribution is -2.13. The van der Waals surface area contributed by atoms with Crippen LogP contribution in [0.5, 0.6) is 11.5 Å². The fourth-order valence-electron chi connectivity index (χ4n) is 6.60. The maximum absolute atomic E-state index is 6.98. The third-order valence-corrected chi connectivity index (χ3v) is 9.32. The molecule has 8 rings (SSSR count). The van der Waals surface area contributed by atoms with E-state index in [1.807, 2.05) is 140 Å². The Balaban J connectivity index is 1.19. The van der Waals surface area contributed by atoms with E-state index in [-0.39, 0.29) is 0 Å². The Bertz CT molecular complexity index is 2370. The van der Waals surface area contributed by atoms with E-state index in [1.165, 1.54) is 0 Å². The van der Waals surface area contributed by atoms with Crippen LogP contribution < -0.4 is 19.4 Å². The highest BCUT2D eigenvalue weighted by molar-refractivity contribution is 6.31. The molecule has 0 atom stereocenters. The van der Waals surface area contributed by atoms with E-state index in [0.29, 0.717) is 21.5 Å². The Morgan fingerprint density at radius 2 is 0.574 bits per heavy atom. The van der Waals surface area contributed by atoms with Crippen molar-refractivity contribution >= 4 is 74.4 Å². The van der Waals surface area contributed by atoms with Crippen LogP contribution in [0.2, 0.25) is 10.0 Å². The van der Waals surface area contributed by atoms with Crippen LogP contribution in [-0.4, -0.2) is 0 Å². The van der Waals surface area contributed by atoms with Gasteiger partial charge in [-0.25, -0.2) is 0 Å². The van der Waals surface area contributed by atoms with Crippen LogP contribution in [0.15, 0.2) is 212 Å². The second-order valence-electron chi connectivity index (χ2n) is 12.6. The number of ether oxygens (including phenoxy) is 1. The molecule has 54 heavy (non-hydrogen) atoms. The molecule has 0 fully saturated rings. The van der Waals surface area contributed by atoms with Crippen molar-refractivity contribution in [3.05, 3.63) is 222 Å². The summed E-state index contributed by atoms with van der Waals surface area (Å²) in [5, 5.41) is 1.18. The van der Waals surface area contributed by atoms with Crippen molar-refractivity contribution in [2.45, 2.75) is 0 Å². The molecule has 8 aromatic rings. The quantitative estimate of drug-likeness (QED) is 0.131. The van der Waals surface area contributed by atoms with E-state index < -0.39 is 0 Å². The highest BCUT2D eigenvalue weighted by Gasteiger charge is 2.20. The molecular weight excluding hydrogens is 705 g/mol. The molecule has 262 valence electrons. The van der Waals surface area contributed by atoms with Gasteiger partial charge in [0.2, 0.25) is 0 Å². The monoisotopic (exact) mass is 739 g/mol. The molecule has 0 saturated heterocycles. The van der Waals surface area contributed by atoms with Crippen LogP contribution >= 0.6 is 23.2 Å². The van der Waals surface area contributed by atoms with Crippen LogP contribution in [0, 0.1) is 0 Å². The van der Waals surface area contributed by atoms with Gasteiger partial charge in [0.1, 0.15) is 11.5 Å². The first kappa shape index (κ1) is 34.6. The minimum absolute atomic E-state index is 0.564. The average Bonchev–Trinajstić information content (AvgIpc) is 3.20. The van der Waals surface area contributed by atoms with Gasteiger partial charge in [-0.15, -0.1) is 0 Å². The van der Waals surface area contributed by atoms with Gasteiger partial charge in [-0.1, -0.05) is 120 Å². The molecule has 0 amide bonds. The summed E-state index contributed by atoms with van der Waals surface area (Å²) in [5.41, 5.74) is 8.64. The molecule has 0 spiro atoms. The molecule has 0 bridgehead atoms. The van der Waals surface area contributed by atoms with Gasteiger partial charge in [0.25, 0.3) is 0 Å². The van der Waals surface area contributed by atoms with Crippen LogP contribution in [-0.2, 0) is 0 Å². The summed E-state index contributed by atoms with van der Waals surface area (Å²) in [5.74, 6) is 1.27. The maximum Gasteiger partial charge on any atom is 0.131 e. The van der Waals surface area contributed by atoms with Crippen LogP contribution in [0.3, 0.4) is 0 Å². The number of hydrogen-bond acceptors (Lipinski definition) is 4. The predicted octanol–water partition coefficient (Wildman–Crippen LogP) is 15.2. The normalized spacial score (nSPS) is 10.8. The van der Waals surface area contributed by atoms with Crippen molar-refractivity contribution in [1.29, 1.82) is 0 Å². The lowest BCUT2D eigenvalue weighted by atomic mass is 10.1. The minimum atomic E-state index is 0.564. The third-order valence-electron chi connectivity index (χ3n) is 8.88. The van der Waals surface area contributed by atoms with Crippen LogP contribution in [0.25, 0.3) is 0 Å². The lowest BCUT2D eigenvalue weighted by Gasteiger charge is -2.30. The lowest BCUT2D eigenvalue weighted by molar-refractivity contribution is 0.483. The first-order chi connectivity index (χ1) is 26.6. The van der Waals surface area contributed by atoms with Gasteiger partial charge in [-0.3, -0.25) is 0 Å². The van der Waals surface area contributed by atoms with E-state index in [4.69, 9.17) is 27.9 Å². The summed E-state index contributed by atoms with van der Waals surface area (Å²) in [6.07, 6.45) is 0. The topological polar surface area (TPSA) is 19.0 Å². The van der Waals surface area contributed by atoms with Gasteiger partial charge < -0.3 is 19.4 Å². The Morgan fingerprint density at radius 1 is 0.259 bits per heavy atom. The number of halogens is 2. The van der Waals surface area contributed by atoms with Gasteiger partial charge in [0.05, 0.1) is 5.69 Å². The molecule has 0 saturated carbocycles. The van der Waals surface area contributed by atoms with Gasteiger partial charge in [-0.2, -0.15) is 0 Å². The number of rotatable bonds is 11. The Hall–Kier alpha value is -6.46. The molecule has 8 aromatic carbocycles. The Labute approximate surface area is 326 Å². The maximum atomic E-state index is 6.98. The van der Waals surface area contributed by atoms with Crippen molar-refractivity contribution in [1.82, 2.24) is 0 Å². The van der Waals surface area contributed by atoms with Crippen LogP contribution in [0.4, 0.5) is 51.2 Å². The van der Waals surface area contributed by atoms with Crippen molar-refractivity contribution in [2.75, 3.05) is 14.7 Å². The van der Waals surface area contributed by atoms with E-state index in [1.54, 1.807) is 0 Å². The van der Waals surface area contributed by atoms with Gasteiger partial charge in [-0.05, 0) is 103 Å².